The van der Waals surface area contributed by atoms with Gasteiger partial charge in [-0.3, -0.25) is 0 Å². The molecule has 0 aromatic rings. The molecule has 0 bridgehead atoms. The summed E-state index contributed by atoms with van der Waals surface area (Å²) in [6.45, 7) is 14.1. The summed E-state index contributed by atoms with van der Waals surface area (Å²) in [6, 6.07) is 0. The Balaban J connectivity index is 2.44. The number of rotatable bonds is 4. The van der Waals surface area contributed by atoms with E-state index in [9.17, 15) is 0 Å². The summed E-state index contributed by atoms with van der Waals surface area (Å²) in [6.07, 6.45) is 9.92. The number of hydrogen-bond donors (Lipinski definition) is 0. The summed E-state index contributed by atoms with van der Waals surface area (Å²) >= 11 is 0. The second kappa shape index (κ2) is 5.14. The molecule has 1 saturated carbocycles. The van der Waals surface area contributed by atoms with Gasteiger partial charge < -0.3 is 4.74 Å². The van der Waals surface area contributed by atoms with Gasteiger partial charge in [-0.1, -0.05) is 39.3 Å². The molecule has 0 N–H and O–H groups in total. The fraction of sp³-hybridized carbons (Fsp3) is 0.875. The molecule has 0 saturated heterocycles. The van der Waals surface area contributed by atoms with Crippen LogP contribution in [0.25, 0.3) is 0 Å². The average molecular weight is 238 g/mol. The molecular weight excluding hydrogens is 208 g/mol. The van der Waals surface area contributed by atoms with E-state index in [1.165, 1.54) is 25.7 Å². The largest absolute Gasteiger partial charge is 0.375 e. The molecule has 0 aliphatic heterocycles. The van der Waals surface area contributed by atoms with Crippen LogP contribution >= 0.6 is 0 Å². The lowest BCUT2D eigenvalue weighted by Gasteiger charge is -2.43. The molecule has 0 spiro atoms. The minimum atomic E-state index is -0.00364. The van der Waals surface area contributed by atoms with E-state index < -0.39 is 0 Å². The minimum absolute atomic E-state index is 0.00364. The number of allylic oxidation sites excluding steroid dienone is 2. The van der Waals surface area contributed by atoms with Crippen LogP contribution in [0.3, 0.4) is 0 Å². The predicted molar refractivity (Wildman–Crippen MR) is 75.2 cm³/mol. The molecule has 1 aliphatic rings. The molecule has 1 rings (SSSR count). The van der Waals surface area contributed by atoms with Crippen LogP contribution in [0, 0.1) is 10.8 Å². The molecule has 100 valence electrons. The first-order valence-corrected chi connectivity index (χ1v) is 6.94. The van der Waals surface area contributed by atoms with Crippen LogP contribution in [-0.4, -0.2) is 12.2 Å². The van der Waals surface area contributed by atoms with Gasteiger partial charge >= 0.3 is 0 Å². The Morgan fingerprint density at radius 3 is 2.00 bits per heavy atom. The molecule has 0 amide bonds. The average Bonchev–Trinajstić information content (AvgIpc) is 2.04. The molecule has 1 aliphatic carbocycles. The fourth-order valence-corrected chi connectivity index (χ4v) is 2.12. The molecule has 0 aromatic heterocycles. The van der Waals surface area contributed by atoms with Crippen LogP contribution in [0.1, 0.15) is 67.2 Å². The zero-order valence-corrected chi connectivity index (χ0v) is 12.6. The monoisotopic (exact) mass is 238 g/mol. The first kappa shape index (κ1) is 14.8. The van der Waals surface area contributed by atoms with Gasteiger partial charge in [0, 0.05) is 0 Å². The van der Waals surface area contributed by atoms with Gasteiger partial charge in [-0.05, 0) is 50.9 Å². The highest BCUT2D eigenvalue weighted by Crippen LogP contribution is 2.45. The van der Waals surface area contributed by atoms with Crippen molar-refractivity contribution in [3.63, 3.8) is 0 Å². The van der Waals surface area contributed by atoms with E-state index >= 15 is 0 Å². The highest BCUT2D eigenvalue weighted by atomic mass is 16.5. The first-order valence-electron chi connectivity index (χ1n) is 6.94. The zero-order chi connectivity index (χ0) is 13.2. The van der Waals surface area contributed by atoms with E-state index in [0.29, 0.717) is 10.8 Å². The molecule has 0 atom stereocenters. The van der Waals surface area contributed by atoms with E-state index in [2.05, 4.69) is 53.7 Å². The Bertz CT molecular complexity index is 258. The van der Waals surface area contributed by atoms with Gasteiger partial charge in [-0.2, -0.15) is 0 Å². The summed E-state index contributed by atoms with van der Waals surface area (Å²) in [5.41, 5.74) is 0.737. The van der Waals surface area contributed by atoms with Crippen molar-refractivity contribution >= 4 is 0 Å². The van der Waals surface area contributed by atoms with Crippen molar-refractivity contribution in [1.82, 2.24) is 0 Å². The third-order valence-corrected chi connectivity index (χ3v) is 3.39. The quantitative estimate of drug-likeness (QED) is 0.629. The predicted octanol–water partition coefficient (Wildman–Crippen LogP) is 4.96. The number of hydrogen-bond acceptors (Lipinski definition) is 1. The molecule has 1 fully saturated rings. The van der Waals surface area contributed by atoms with Gasteiger partial charge in [-0.25, -0.2) is 0 Å². The molecule has 1 heteroatoms. The van der Waals surface area contributed by atoms with Crippen LogP contribution in [0.2, 0.25) is 0 Å². The van der Waals surface area contributed by atoms with Crippen molar-refractivity contribution in [3.8, 4) is 0 Å². The normalized spacial score (nSPS) is 20.6. The Labute approximate surface area is 108 Å². The lowest BCUT2D eigenvalue weighted by molar-refractivity contribution is -0.0772. The van der Waals surface area contributed by atoms with E-state index in [-0.39, 0.29) is 5.60 Å². The molecule has 1 nitrogen and oxygen atoms in total. The maximum absolute atomic E-state index is 5.99. The van der Waals surface area contributed by atoms with E-state index in [1.54, 1.807) is 0 Å². The molecule has 17 heavy (non-hydrogen) atoms. The summed E-state index contributed by atoms with van der Waals surface area (Å²) < 4.78 is 5.99. The highest BCUT2D eigenvalue weighted by Gasteiger charge is 2.37. The van der Waals surface area contributed by atoms with Crippen LogP contribution < -0.4 is 0 Å². The van der Waals surface area contributed by atoms with Crippen LogP contribution in [0.15, 0.2) is 12.2 Å². The van der Waals surface area contributed by atoms with Crippen molar-refractivity contribution in [3.05, 3.63) is 12.2 Å². The lowest BCUT2D eigenvalue weighted by atomic mass is 9.67. The summed E-state index contributed by atoms with van der Waals surface area (Å²) in [5, 5.41) is 0. The van der Waals surface area contributed by atoms with E-state index in [4.69, 9.17) is 4.74 Å². The fourth-order valence-electron chi connectivity index (χ4n) is 2.12. The lowest BCUT2D eigenvalue weighted by Crippen LogP contribution is -2.37. The highest BCUT2D eigenvalue weighted by molar-refractivity contribution is 4.99. The van der Waals surface area contributed by atoms with Gasteiger partial charge in [0.15, 0.2) is 0 Å². The SMILES string of the molecule is CC(C)(C)/C=C/CC1(COC(C)(C)C)CCC1. The van der Waals surface area contributed by atoms with Crippen molar-refractivity contribution in [1.29, 1.82) is 0 Å². The second-order valence-electron chi connectivity index (χ2n) is 7.73. The molecular formula is C16H30O. The van der Waals surface area contributed by atoms with E-state index in [1.807, 2.05) is 0 Å². The summed E-state index contributed by atoms with van der Waals surface area (Å²) in [4.78, 5) is 0. The van der Waals surface area contributed by atoms with Gasteiger partial charge in [-0.15, -0.1) is 0 Å². The molecule has 0 heterocycles. The third kappa shape index (κ3) is 5.72. The smallest absolute Gasteiger partial charge is 0.0598 e. The Morgan fingerprint density at radius 1 is 1.06 bits per heavy atom. The van der Waals surface area contributed by atoms with Crippen LogP contribution in [-0.2, 0) is 4.74 Å². The van der Waals surface area contributed by atoms with Crippen molar-refractivity contribution in [2.75, 3.05) is 6.61 Å². The van der Waals surface area contributed by atoms with Crippen molar-refractivity contribution < 1.29 is 4.74 Å². The topological polar surface area (TPSA) is 9.23 Å². The first-order chi connectivity index (χ1) is 7.62. The van der Waals surface area contributed by atoms with Gasteiger partial charge in [0.2, 0.25) is 0 Å². The second-order valence-corrected chi connectivity index (χ2v) is 7.73. The Hall–Kier alpha value is -0.300. The van der Waals surface area contributed by atoms with Crippen molar-refractivity contribution in [2.45, 2.75) is 72.8 Å². The standard InChI is InChI=1S/C16H30O/c1-14(2,3)9-7-10-16(11-8-12-16)13-17-15(4,5)6/h7,9H,8,10-13H2,1-6H3/b9-7+. The number of ether oxygens (including phenoxy) is 1. The maximum atomic E-state index is 5.99. The Morgan fingerprint density at radius 2 is 1.65 bits per heavy atom. The Kier molecular flexibility index (Phi) is 4.46. The van der Waals surface area contributed by atoms with Crippen molar-refractivity contribution in [2.24, 2.45) is 10.8 Å². The van der Waals surface area contributed by atoms with Crippen LogP contribution in [0.5, 0.6) is 0 Å². The zero-order valence-electron chi connectivity index (χ0n) is 12.6. The molecule has 0 radical (unpaired) electrons. The van der Waals surface area contributed by atoms with Crippen LogP contribution in [0.4, 0.5) is 0 Å². The van der Waals surface area contributed by atoms with E-state index in [0.717, 1.165) is 6.61 Å². The summed E-state index contributed by atoms with van der Waals surface area (Å²) in [5.74, 6) is 0. The minimum Gasteiger partial charge on any atom is -0.375 e. The summed E-state index contributed by atoms with van der Waals surface area (Å²) in [7, 11) is 0. The third-order valence-electron chi connectivity index (χ3n) is 3.39. The van der Waals surface area contributed by atoms with Gasteiger partial charge in [0.25, 0.3) is 0 Å². The maximum Gasteiger partial charge on any atom is 0.0598 e. The molecule has 0 aromatic carbocycles. The molecule has 0 unspecified atom stereocenters. The van der Waals surface area contributed by atoms with Gasteiger partial charge in [0.1, 0.15) is 0 Å². The van der Waals surface area contributed by atoms with Gasteiger partial charge in [0.05, 0.1) is 12.2 Å².